The molecule has 41 heavy (non-hydrogen) atoms. The van der Waals surface area contributed by atoms with Gasteiger partial charge in [0.05, 0.1) is 23.2 Å². The number of carbonyl (C=O) groups excluding carboxylic acids is 3. The Kier molecular flexibility index (Phi) is 9.14. The first-order valence-electron chi connectivity index (χ1n) is 15.2. The van der Waals surface area contributed by atoms with Gasteiger partial charge >= 0.3 is 0 Å². The molecule has 2 fully saturated rings. The highest BCUT2D eigenvalue weighted by atomic mass is 32.2. The molecule has 0 aliphatic carbocycles. The monoisotopic (exact) mass is 581 g/mol. The summed E-state index contributed by atoms with van der Waals surface area (Å²) in [6.45, 7) is 8.19. The van der Waals surface area contributed by atoms with Crippen LogP contribution in [-0.2, 0) is 14.4 Å². The summed E-state index contributed by atoms with van der Waals surface area (Å²) in [5.41, 5.74) is 0.768. The summed E-state index contributed by atoms with van der Waals surface area (Å²) in [5, 5.41) is 9.10. The molecule has 222 valence electrons. The molecule has 0 aromatic heterocycles. The summed E-state index contributed by atoms with van der Waals surface area (Å²) >= 11 is 1.62. The van der Waals surface area contributed by atoms with Crippen LogP contribution in [0.1, 0.15) is 52.9 Å². The molecular weight excluding hydrogens is 538 g/mol. The van der Waals surface area contributed by atoms with Crippen molar-refractivity contribution in [2.24, 2.45) is 11.8 Å². The van der Waals surface area contributed by atoms with E-state index in [-0.39, 0.29) is 35.6 Å². The summed E-state index contributed by atoms with van der Waals surface area (Å²) in [4.78, 5) is 48.6. The van der Waals surface area contributed by atoms with Crippen LogP contribution in [0.2, 0.25) is 0 Å². The van der Waals surface area contributed by atoms with E-state index in [4.69, 9.17) is 4.74 Å². The van der Waals surface area contributed by atoms with Crippen molar-refractivity contribution in [3.8, 4) is 5.75 Å². The molecule has 3 amide bonds. The molecule has 4 heterocycles. The number of carbonyl (C=O) groups is 3. The zero-order chi connectivity index (χ0) is 29.1. The Hall–Kier alpha value is -2.78. The lowest BCUT2D eigenvalue weighted by atomic mass is 9.78. The molecular formula is C32H43N3O5S. The Morgan fingerprint density at radius 2 is 1.80 bits per heavy atom. The number of likely N-dealkylation sites (tertiary alicyclic amines) is 1. The number of thioether (sulfide) groups is 1. The van der Waals surface area contributed by atoms with Gasteiger partial charge in [-0.2, -0.15) is 0 Å². The van der Waals surface area contributed by atoms with E-state index < -0.39 is 22.6 Å². The minimum absolute atomic E-state index is 0.0160. The number of hydrogen-bond acceptors (Lipinski definition) is 6. The van der Waals surface area contributed by atoms with Crippen molar-refractivity contribution in [2.75, 3.05) is 37.7 Å². The van der Waals surface area contributed by atoms with Crippen LogP contribution in [0.3, 0.4) is 0 Å². The van der Waals surface area contributed by atoms with E-state index in [0.717, 1.165) is 30.7 Å². The Morgan fingerprint density at radius 1 is 1.02 bits per heavy atom. The van der Waals surface area contributed by atoms with E-state index in [1.807, 2.05) is 42.2 Å². The summed E-state index contributed by atoms with van der Waals surface area (Å²) < 4.78 is 4.79. The van der Waals surface area contributed by atoms with Gasteiger partial charge in [-0.1, -0.05) is 37.6 Å². The Morgan fingerprint density at radius 3 is 2.51 bits per heavy atom. The summed E-state index contributed by atoms with van der Waals surface area (Å²) in [7, 11) is 0. The van der Waals surface area contributed by atoms with E-state index in [2.05, 4.69) is 32.1 Å². The molecule has 4 aliphatic heterocycles. The lowest BCUT2D eigenvalue weighted by molar-refractivity contribution is -0.143. The van der Waals surface area contributed by atoms with Gasteiger partial charge in [0.15, 0.2) is 0 Å². The molecule has 4 aliphatic rings. The number of unbranched alkanes of at least 4 members (excludes halogenated alkanes) is 2. The fourth-order valence-electron chi connectivity index (χ4n) is 7.06. The van der Waals surface area contributed by atoms with Gasteiger partial charge in [-0.3, -0.25) is 14.4 Å². The topological polar surface area (TPSA) is 90.4 Å². The predicted octanol–water partition coefficient (Wildman–Crippen LogP) is 4.04. The van der Waals surface area contributed by atoms with Crippen LogP contribution in [0, 0.1) is 11.8 Å². The third kappa shape index (κ3) is 5.31. The number of nitrogens with zero attached hydrogens (tertiary/aromatic N) is 3. The minimum Gasteiger partial charge on any atom is -0.494 e. The summed E-state index contributed by atoms with van der Waals surface area (Å²) in [6, 6.07) is 6.93. The van der Waals surface area contributed by atoms with Gasteiger partial charge < -0.3 is 24.5 Å². The van der Waals surface area contributed by atoms with Gasteiger partial charge in [0, 0.05) is 43.2 Å². The minimum atomic E-state index is -0.803. The highest BCUT2D eigenvalue weighted by molar-refractivity contribution is 8.02. The van der Waals surface area contributed by atoms with Crippen LogP contribution in [0.4, 0.5) is 5.69 Å². The van der Waals surface area contributed by atoms with Crippen molar-refractivity contribution < 1.29 is 24.2 Å². The quantitative estimate of drug-likeness (QED) is 0.314. The van der Waals surface area contributed by atoms with Crippen molar-refractivity contribution in [1.29, 1.82) is 0 Å². The molecule has 2 unspecified atom stereocenters. The van der Waals surface area contributed by atoms with Crippen LogP contribution in [-0.4, -0.2) is 87.6 Å². The standard InChI is InChI=1S/C32H43N3O5S/c1-4-11-22(3)33-20-10-17-32-27(30(38)35(28(32)31(33)39)18-7-6-8-21-36)26-25(41-32)12-9-19-34(29(26)37)23-13-15-24(16-14-23)40-5-2/h9-10,12-17,22,25-28,36H,4-8,11,18-21H2,1-3H3/t22?,25-,26+,27-,28?,32-/m0/s1. The van der Waals surface area contributed by atoms with Crippen LogP contribution in [0.25, 0.3) is 0 Å². The Balaban J connectivity index is 1.51. The molecule has 1 aromatic rings. The zero-order valence-electron chi connectivity index (χ0n) is 24.4. The maximum atomic E-state index is 14.4. The van der Waals surface area contributed by atoms with Gasteiger partial charge in [-0.05, 0) is 63.8 Å². The zero-order valence-corrected chi connectivity index (χ0v) is 25.2. The van der Waals surface area contributed by atoms with Crippen molar-refractivity contribution in [3.63, 3.8) is 0 Å². The number of fused-ring (bicyclic) bond motifs is 2. The van der Waals surface area contributed by atoms with E-state index >= 15 is 0 Å². The van der Waals surface area contributed by atoms with Gasteiger partial charge in [0.1, 0.15) is 11.8 Å². The van der Waals surface area contributed by atoms with Gasteiger partial charge in [0.2, 0.25) is 17.7 Å². The number of aliphatic hydroxyl groups is 1. The lowest BCUT2D eigenvalue weighted by Gasteiger charge is -2.37. The maximum Gasteiger partial charge on any atom is 0.247 e. The summed E-state index contributed by atoms with van der Waals surface area (Å²) in [5.74, 6) is -0.636. The molecule has 8 nitrogen and oxygen atoms in total. The normalized spacial score (nSPS) is 29.8. The molecule has 0 saturated carbocycles. The van der Waals surface area contributed by atoms with Crippen LogP contribution >= 0.6 is 11.8 Å². The first kappa shape index (κ1) is 29.7. The van der Waals surface area contributed by atoms with Gasteiger partial charge in [-0.25, -0.2) is 0 Å². The van der Waals surface area contributed by atoms with Crippen molar-refractivity contribution >= 4 is 35.2 Å². The largest absolute Gasteiger partial charge is 0.494 e. The molecule has 9 heteroatoms. The van der Waals surface area contributed by atoms with Gasteiger partial charge in [0.25, 0.3) is 0 Å². The SMILES string of the molecule is CCCC(C)N1CC=C[C@]23S[C@H]4C=CCN(c5ccc(OCC)cc5)C(=O)[C@H]4[C@H]2C(=O)N(CCCCCO)C3C1=O. The third-order valence-electron chi connectivity index (χ3n) is 8.94. The van der Waals surface area contributed by atoms with Crippen LogP contribution < -0.4 is 9.64 Å². The summed E-state index contributed by atoms with van der Waals surface area (Å²) in [6.07, 6.45) is 12.2. The molecule has 6 atom stereocenters. The molecule has 1 N–H and O–H groups in total. The number of amides is 3. The molecule has 2 saturated heterocycles. The van der Waals surface area contributed by atoms with Crippen LogP contribution in [0.5, 0.6) is 5.75 Å². The van der Waals surface area contributed by atoms with E-state index in [1.165, 1.54) is 0 Å². The number of benzene rings is 1. The van der Waals surface area contributed by atoms with E-state index in [1.54, 1.807) is 21.6 Å². The van der Waals surface area contributed by atoms with E-state index in [0.29, 0.717) is 39.1 Å². The first-order chi connectivity index (χ1) is 19.9. The second kappa shape index (κ2) is 12.6. The highest BCUT2D eigenvalue weighted by Gasteiger charge is 2.71. The maximum absolute atomic E-state index is 14.4. The molecule has 0 bridgehead atoms. The average Bonchev–Trinajstić information content (AvgIpc) is 3.26. The van der Waals surface area contributed by atoms with Gasteiger partial charge in [-0.15, -0.1) is 11.8 Å². The second-order valence-corrected chi connectivity index (χ2v) is 13.0. The second-order valence-electron chi connectivity index (χ2n) is 11.5. The fourth-order valence-corrected chi connectivity index (χ4v) is 9.06. The van der Waals surface area contributed by atoms with Crippen LogP contribution in [0.15, 0.2) is 48.6 Å². The number of aliphatic hydroxyl groups excluding tert-OH is 1. The molecule has 1 aromatic carbocycles. The number of rotatable bonds is 11. The van der Waals surface area contributed by atoms with Crippen molar-refractivity contribution in [1.82, 2.24) is 9.80 Å². The third-order valence-corrected chi connectivity index (χ3v) is 10.7. The highest BCUT2D eigenvalue weighted by Crippen LogP contribution is 2.61. The number of anilines is 1. The average molecular weight is 582 g/mol. The van der Waals surface area contributed by atoms with Crippen molar-refractivity contribution in [3.05, 3.63) is 48.6 Å². The molecule has 0 radical (unpaired) electrons. The smallest absolute Gasteiger partial charge is 0.247 e. The Bertz CT molecular complexity index is 1190. The van der Waals surface area contributed by atoms with E-state index in [9.17, 15) is 19.5 Å². The Labute approximate surface area is 247 Å². The number of hydrogen-bond donors (Lipinski definition) is 1. The number of ether oxygens (including phenoxy) is 1. The predicted molar refractivity (Wildman–Crippen MR) is 162 cm³/mol. The first-order valence-corrected chi connectivity index (χ1v) is 16.0. The molecule has 5 rings (SSSR count). The molecule has 1 spiro atoms. The lowest BCUT2D eigenvalue weighted by Crippen LogP contribution is -2.55. The fraction of sp³-hybridized carbons (Fsp3) is 0.594. The van der Waals surface area contributed by atoms with Crippen molar-refractivity contribution in [2.45, 2.75) is 75.0 Å².